The average molecular weight is 503 g/mol. The van der Waals surface area contributed by atoms with Crippen molar-refractivity contribution in [3.63, 3.8) is 0 Å². The zero-order valence-corrected chi connectivity index (χ0v) is 21.4. The van der Waals surface area contributed by atoms with Gasteiger partial charge >= 0.3 is 0 Å². The summed E-state index contributed by atoms with van der Waals surface area (Å²) in [5.74, 6) is 0.171. The number of piperidine rings is 1. The number of halogens is 1. The molecule has 2 atom stereocenters. The maximum Gasteiger partial charge on any atom is 0.258 e. The van der Waals surface area contributed by atoms with Crippen molar-refractivity contribution in [1.29, 1.82) is 0 Å². The van der Waals surface area contributed by atoms with Crippen LogP contribution < -0.4 is 9.64 Å². The first-order valence-corrected chi connectivity index (χ1v) is 13.2. The van der Waals surface area contributed by atoms with Crippen molar-refractivity contribution < 1.29 is 19.0 Å². The molecule has 0 bridgehead atoms. The van der Waals surface area contributed by atoms with E-state index in [2.05, 4.69) is 4.90 Å². The predicted molar refractivity (Wildman–Crippen MR) is 143 cm³/mol. The van der Waals surface area contributed by atoms with Crippen molar-refractivity contribution >= 4 is 11.6 Å². The summed E-state index contributed by atoms with van der Waals surface area (Å²) >= 11 is 0. The molecule has 0 spiro atoms. The second-order valence-corrected chi connectivity index (χ2v) is 10.2. The van der Waals surface area contributed by atoms with Gasteiger partial charge in [-0.05, 0) is 73.7 Å². The molecular formula is C31H35FN2O3. The van der Waals surface area contributed by atoms with E-state index in [9.17, 15) is 14.3 Å². The number of hydrogen-bond donors (Lipinski definition) is 1. The molecule has 1 aliphatic heterocycles. The number of methoxy groups -OCH3 is 1. The van der Waals surface area contributed by atoms with E-state index < -0.39 is 5.60 Å². The van der Waals surface area contributed by atoms with Gasteiger partial charge in [0.2, 0.25) is 0 Å². The molecule has 3 aromatic carbocycles. The van der Waals surface area contributed by atoms with Gasteiger partial charge in [0.05, 0.1) is 7.11 Å². The van der Waals surface area contributed by atoms with Crippen molar-refractivity contribution in [2.75, 3.05) is 25.1 Å². The molecule has 5 rings (SSSR count). The number of nitrogens with zero attached hydrogens (tertiary/aromatic N) is 2. The molecule has 0 aromatic heterocycles. The van der Waals surface area contributed by atoms with Crippen LogP contribution in [-0.2, 0) is 5.60 Å². The Balaban J connectivity index is 1.38. The Morgan fingerprint density at radius 1 is 0.973 bits per heavy atom. The van der Waals surface area contributed by atoms with Crippen LogP contribution in [0.5, 0.6) is 5.75 Å². The van der Waals surface area contributed by atoms with Gasteiger partial charge < -0.3 is 14.7 Å². The van der Waals surface area contributed by atoms with Crippen molar-refractivity contribution in [1.82, 2.24) is 4.90 Å². The van der Waals surface area contributed by atoms with Crippen LogP contribution in [0.25, 0.3) is 0 Å². The highest BCUT2D eigenvalue weighted by Gasteiger charge is 2.44. The summed E-state index contributed by atoms with van der Waals surface area (Å²) in [5.41, 5.74) is 1.35. The highest BCUT2D eigenvalue weighted by atomic mass is 19.1. The van der Waals surface area contributed by atoms with Crippen molar-refractivity contribution in [3.05, 3.63) is 95.8 Å². The number of ether oxygens (including phenoxy) is 1. The first-order chi connectivity index (χ1) is 18.0. The summed E-state index contributed by atoms with van der Waals surface area (Å²) in [6, 6.07) is 23.4. The molecule has 37 heavy (non-hydrogen) atoms. The third-order valence-electron chi connectivity index (χ3n) is 8.06. The fourth-order valence-electron chi connectivity index (χ4n) is 6.13. The van der Waals surface area contributed by atoms with E-state index in [0.29, 0.717) is 17.0 Å². The summed E-state index contributed by atoms with van der Waals surface area (Å²) in [6.45, 7) is 1.57. The van der Waals surface area contributed by atoms with Gasteiger partial charge in [-0.15, -0.1) is 0 Å². The van der Waals surface area contributed by atoms with Gasteiger partial charge in [-0.3, -0.25) is 9.69 Å². The number of amides is 1. The predicted octanol–water partition coefficient (Wildman–Crippen LogP) is 5.78. The number of carbonyl (C=O) groups is 1. The molecule has 3 aromatic rings. The standard InChI is InChI=1S/C31H35FN2O3/c1-37-28-11-7-8-23(22-28)30(35)34(26-15-13-25(32)14-16-26)27-17-20-33(21-18-27)29-12-5-6-19-31(29,36)24-9-3-2-4-10-24/h2-4,7-11,13-16,22,27,29,36H,5-6,12,17-21H2,1H3. The second kappa shape index (κ2) is 11.0. The number of rotatable bonds is 6. The van der Waals surface area contributed by atoms with Crippen molar-refractivity contribution in [2.24, 2.45) is 0 Å². The summed E-state index contributed by atoms with van der Waals surface area (Å²) in [7, 11) is 1.58. The maximum absolute atomic E-state index is 13.8. The van der Waals surface area contributed by atoms with E-state index in [1.807, 2.05) is 47.4 Å². The molecule has 1 N–H and O–H groups in total. The van der Waals surface area contributed by atoms with Gasteiger partial charge in [-0.2, -0.15) is 0 Å². The van der Waals surface area contributed by atoms with Gasteiger partial charge in [0.15, 0.2) is 0 Å². The van der Waals surface area contributed by atoms with E-state index in [1.165, 1.54) is 12.1 Å². The second-order valence-electron chi connectivity index (χ2n) is 10.2. The summed E-state index contributed by atoms with van der Waals surface area (Å²) in [6.07, 6.45) is 5.39. The Hall–Kier alpha value is -3.22. The molecule has 6 heteroatoms. The number of likely N-dealkylation sites (tertiary alicyclic amines) is 1. The molecule has 2 unspecified atom stereocenters. The lowest BCUT2D eigenvalue weighted by atomic mass is 9.74. The first-order valence-electron chi connectivity index (χ1n) is 13.2. The number of aliphatic hydroxyl groups is 1. The lowest BCUT2D eigenvalue weighted by Crippen LogP contribution is -2.57. The normalized spacial score (nSPS) is 22.9. The molecule has 1 saturated carbocycles. The highest BCUT2D eigenvalue weighted by Crippen LogP contribution is 2.41. The van der Waals surface area contributed by atoms with Crippen LogP contribution in [0.4, 0.5) is 10.1 Å². The number of benzene rings is 3. The Bertz CT molecular complexity index is 1190. The number of anilines is 1. The topological polar surface area (TPSA) is 53.0 Å². The Kier molecular flexibility index (Phi) is 7.58. The molecule has 1 aliphatic carbocycles. The van der Waals surface area contributed by atoms with Crippen LogP contribution in [0.3, 0.4) is 0 Å². The third-order valence-corrected chi connectivity index (χ3v) is 8.06. The zero-order chi connectivity index (χ0) is 25.8. The molecule has 0 radical (unpaired) electrons. The minimum atomic E-state index is -0.862. The summed E-state index contributed by atoms with van der Waals surface area (Å²) in [4.78, 5) is 18.0. The molecule has 1 saturated heterocycles. The smallest absolute Gasteiger partial charge is 0.258 e. The Labute approximate surface area is 218 Å². The van der Waals surface area contributed by atoms with E-state index >= 15 is 0 Å². The lowest BCUT2D eigenvalue weighted by Gasteiger charge is -2.49. The fourth-order valence-corrected chi connectivity index (χ4v) is 6.13. The molecule has 1 heterocycles. The van der Waals surface area contributed by atoms with Crippen molar-refractivity contribution in [3.8, 4) is 5.75 Å². The van der Waals surface area contributed by atoms with E-state index in [1.54, 1.807) is 31.4 Å². The van der Waals surface area contributed by atoms with Gasteiger partial charge in [0, 0.05) is 36.4 Å². The lowest BCUT2D eigenvalue weighted by molar-refractivity contribution is -0.0850. The Morgan fingerprint density at radius 2 is 1.70 bits per heavy atom. The number of hydrogen-bond acceptors (Lipinski definition) is 4. The highest BCUT2D eigenvalue weighted by molar-refractivity contribution is 6.06. The molecule has 1 amide bonds. The number of carbonyl (C=O) groups excluding carboxylic acids is 1. The maximum atomic E-state index is 13.8. The fraction of sp³-hybridized carbons (Fsp3) is 0.387. The van der Waals surface area contributed by atoms with Crippen LogP contribution in [-0.4, -0.2) is 48.2 Å². The first kappa shape index (κ1) is 25.4. The van der Waals surface area contributed by atoms with Crippen LogP contribution in [0, 0.1) is 5.82 Å². The monoisotopic (exact) mass is 502 g/mol. The van der Waals surface area contributed by atoms with Crippen LogP contribution >= 0.6 is 0 Å². The minimum Gasteiger partial charge on any atom is -0.497 e. The summed E-state index contributed by atoms with van der Waals surface area (Å²) < 4.78 is 19.1. The van der Waals surface area contributed by atoms with Gasteiger partial charge in [-0.25, -0.2) is 4.39 Å². The van der Waals surface area contributed by atoms with Gasteiger partial charge in [0.1, 0.15) is 17.2 Å². The van der Waals surface area contributed by atoms with E-state index in [4.69, 9.17) is 4.74 Å². The molecule has 2 aliphatic rings. The SMILES string of the molecule is COc1cccc(C(=O)N(c2ccc(F)cc2)C2CCN(C3CCCCC3(O)c3ccccc3)CC2)c1. The van der Waals surface area contributed by atoms with Gasteiger partial charge in [-0.1, -0.05) is 49.2 Å². The van der Waals surface area contributed by atoms with Crippen LogP contribution in [0.15, 0.2) is 78.9 Å². The zero-order valence-electron chi connectivity index (χ0n) is 21.4. The van der Waals surface area contributed by atoms with E-state index in [0.717, 1.165) is 57.2 Å². The molecule has 194 valence electrons. The van der Waals surface area contributed by atoms with Gasteiger partial charge in [0.25, 0.3) is 5.91 Å². The molecule has 5 nitrogen and oxygen atoms in total. The summed E-state index contributed by atoms with van der Waals surface area (Å²) in [5, 5.41) is 11.9. The molecular weight excluding hydrogens is 467 g/mol. The van der Waals surface area contributed by atoms with Crippen LogP contribution in [0.1, 0.15) is 54.4 Å². The Morgan fingerprint density at radius 3 is 2.41 bits per heavy atom. The largest absolute Gasteiger partial charge is 0.497 e. The minimum absolute atomic E-state index is 0.0335. The average Bonchev–Trinajstić information content (AvgIpc) is 2.95. The third kappa shape index (κ3) is 5.27. The van der Waals surface area contributed by atoms with Crippen molar-refractivity contribution in [2.45, 2.75) is 56.2 Å². The quantitative estimate of drug-likeness (QED) is 0.465. The molecule has 2 fully saturated rings. The van der Waals surface area contributed by atoms with E-state index in [-0.39, 0.29) is 23.8 Å². The van der Waals surface area contributed by atoms with Crippen LogP contribution in [0.2, 0.25) is 0 Å².